The molecule has 1 aromatic carbocycles. The minimum Gasteiger partial charge on any atom is -0.371 e. The van der Waals surface area contributed by atoms with Gasteiger partial charge in [0.25, 0.3) is 0 Å². The van der Waals surface area contributed by atoms with E-state index in [4.69, 9.17) is 0 Å². The second kappa shape index (κ2) is 6.65. The molecule has 94 valence electrons. The van der Waals surface area contributed by atoms with Crippen LogP contribution in [-0.2, 0) is 6.42 Å². The Kier molecular flexibility index (Phi) is 4.87. The molecule has 0 fully saturated rings. The van der Waals surface area contributed by atoms with E-state index in [1.165, 1.54) is 56.6 Å². The summed E-state index contributed by atoms with van der Waals surface area (Å²) in [5.41, 5.74) is 2.99. The molecule has 1 aliphatic heterocycles. The van der Waals surface area contributed by atoms with Gasteiger partial charge in [0.2, 0.25) is 0 Å². The van der Waals surface area contributed by atoms with E-state index < -0.39 is 0 Å². The van der Waals surface area contributed by atoms with E-state index in [0.29, 0.717) is 0 Å². The highest BCUT2D eigenvalue weighted by molar-refractivity contribution is 5.57. The molecule has 1 N–H and O–H groups in total. The summed E-state index contributed by atoms with van der Waals surface area (Å²) in [5.74, 6) is 0. The minimum atomic E-state index is 1.16. The average Bonchev–Trinajstić information content (AvgIpc) is 2.77. The molecule has 0 radical (unpaired) electrons. The summed E-state index contributed by atoms with van der Waals surface area (Å²) in [6, 6.07) is 8.83. The van der Waals surface area contributed by atoms with Crippen molar-refractivity contribution in [3.8, 4) is 0 Å². The number of nitrogens with one attached hydrogen (secondary N) is 1. The molecule has 1 aromatic rings. The maximum atomic E-state index is 3.46. The molecular formula is C15H24N2. The zero-order chi connectivity index (χ0) is 11.9. The summed E-state index contributed by atoms with van der Waals surface area (Å²) in [5, 5.41) is 3.46. The molecule has 0 unspecified atom stereocenters. The molecule has 1 aliphatic rings. The lowest BCUT2D eigenvalue weighted by Crippen LogP contribution is -2.23. The Balaban J connectivity index is 1.68. The van der Waals surface area contributed by atoms with E-state index in [9.17, 15) is 0 Å². The van der Waals surface area contributed by atoms with Crippen molar-refractivity contribution in [2.45, 2.75) is 32.6 Å². The number of fused-ring (bicyclic) bond motifs is 1. The molecule has 0 amide bonds. The van der Waals surface area contributed by atoms with Crippen LogP contribution in [0.4, 0.5) is 5.69 Å². The third kappa shape index (κ3) is 3.47. The van der Waals surface area contributed by atoms with Crippen LogP contribution in [0.2, 0.25) is 0 Å². The highest BCUT2D eigenvalue weighted by Gasteiger charge is 2.16. The standard InChI is InChI=1S/C15H24N2/c1-2-10-16-11-5-6-12-17-13-9-14-7-3-4-8-15(14)17/h3-4,7-8,16H,2,5-6,9-13H2,1H3. The van der Waals surface area contributed by atoms with Crippen LogP contribution in [0.15, 0.2) is 24.3 Å². The monoisotopic (exact) mass is 232 g/mol. The molecule has 2 rings (SSSR count). The van der Waals surface area contributed by atoms with Crippen LogP contribution in [0.5, 0.6) is 0 Å². The Morgan fingerprint density at radius 3 is 2.94 bits per heavy atom. The van der Waals surface area contributed by atoms with Crippen LogP contribution in [0.3, 0.4) is 0 Å². The SMILES string of the molecule is CCCNCCCCN1CCc2ccccc21. The predicted molar refractivity (Wildman–Crippen MR) is 74.8 cm³/mol. The van der Waals surface area contributed by atoms with Gasteiger partial charge in [0.1, 0.15) is 0 Å². The maximum absolute atomic E-state index is 3.46. The number of nitrogens with zero attached hydrogens (tertiary/aromatic N) is 1. The molecular weight excluding hydrogens is 208 g/mol. The molecule has 2 nitrogen and oxygen atoms in total. The van der Waals surface area contributed by atoms with E-state index >= 15 is 0 Å². The summed E-state index contributed by atoms with van der Waals surface area (Å²) in [6.45, 7) is 6.97. The first-order valence-electron chi connectivity index (χ1n) is 6.95. The molecule has 0 saturated heterocycles. The van der Waals surface area contributed by atoms with Crippen molar-refractivity contribution in [2.24, 2.45) is 0 Å². The van der Waals surface area contributed by atoms with Gasteiger partial charge in [-0.05, 0) is 50.4 Å². The predicted octanol–water partition coefficient (Wildman–Crippen LogP) is 2.83. The number of benzene rings is 1. The van der Waals surface area contributed by atoms with Crippen LogP contribution in [-0.4, -0.2) is 26.2 Å². The maximum Gasteiger partial charge on any atom is 0.0399 e. The van der Waals surface area contributed by atoms with Crippen LogP contribution in [0, 0.1) is 0 Å². The van der Waals surface area contributed by atoms with Crippen molar-refractivity contribution in [2.75, 3.05) is 31.1 Å². The van der Waals surface area contributed by atoms with Crippen molar-refractivity contribution >= 4 is 5.69 Å². The fraction of sp³-hybridized carbons (Fsp3) is 0.600. The van der Waals surface area contributed by atoms with Crippen LogP contribution in [0.1, 0.15) is 31.7 Å². The summed E-state index contributed by atoms with van der Waals surface area (Å²) < 4.78 is 0. The van der Waals surface area contributed by atoms with Crippen molar-refractivity contribution in [1.29, 1.82) is 0 Å². The molecule has 2 heteroatoms. The second-order valence-corrected chi connectivity index (χ2v) is 4.82. The van der Waals surface area contributed by atoms with Crippen molar-refractivity contribution < 1.29 is 0 Å². The quantitative estimate of drug-likeness (QED) is 0.727. The van der Waals surface area contributed by atoms with Crippen LogP contribution < -0.4 is 10.2 Å². The number of unbranched alkanes of at least 4 members (excludes halogenated alkanes) is 1. The Labute approximate surface area is 105 Å². The average molecular weight is 232 g/mol. The van der Waals surface area contributed by atoms with E-state index in [1.807, 2.05) is 0 Å². The van der Waals surface area contributed by atoms with Gasteiger partial charge in [-0.15, -0.1) is 0 Å². The van der Waals surface area contributed by atoms with Gasteiger partial charge in [0, 0.05) is 18.8 Å². The molecule has 0 aromatic heterocycles. The second-order valence-electron chi connectivity index (χ2n) is 4.82. The first kappa shape index (κ1) is 12.4. The molecule has 17 heavy (non-hydrogen) atoms. The van der Waals surface area contributed by atoms with Crippen molar-refractivity contribution in [1.82, 2.24) is 5.32 Å². The van der Waals surface area contributed by atoms with Crippen molar-refractivity contribution in [3.05, 3.63) is 29.8 Å². The largest absolute Gasteiger partial charge is 0.371 e. The molecule has 0 atom stereocenters. The lowest BCUT2D eigenvalue weighted by Gasteiger charge is -2.19. The van der Waals surface area contributed by atoms with Gasteiger partial charge in [0.15, 0.2) is 0 Å². The van der Waals surface area contributed by atoms with Crippen LogP contribution >= 0.6 is 0 Å². The van der Waals surface area contributed by atoms with Gasteiger partial charge in [0.05, 0.1) is 0 Å². The summed E-state index contributed by atoms with van der Waals surface area (Å²) in [4.78, 5) is 2.54. The van der Waals surface area contributed by atoms with Gasteiger partial charge >= 0.3 is 0 Å². The Bertz CT molecular complexity index is 335. The normalized spacial score (nSPS) is 14.1. The molecule has 0 saturated carbocycles. The Morgan fingerprint density at radius 1 is 1.18 bits per heavy atom. The summed E-state index contributed by atoms with van der Waals surface area (Å²) >= 11 is 0. The number of anilines is 1. The van der Waals surface area contributed by atoms with E-state index in [1.54, 1.807) is 0 Å². The van der Waals surface area contributed by atoms with Gasteiger partial charge in [-0.3, -0.25) is 0 Å². The van der Waals surface area contributed by atoms with Gasteiger partial charge < -0.3 is 10.2 Å². The number of para-hydroxylation sites is 1. The fourth-order valence-electron chi connectivity index (χ4n) is 2.49. The summed E-state index contributed by atoms with van der Waals surface area (Å²) in [7, 11) is 0. The number of hydrogen-bond donors (Lipinski definition) is 1. The third-order valence-corrected chi connectivity index (χ3v) is 3.44. The molecule has 0 spiro atoms. The van der Waals surface area contributed by atoms with Crippen LogP contribution in [0.25, 0.3) is 0 Å². The molecule has 1 heterocycles. The first-order chi connectivity index (χ1) is 8.42. The van der Waals surface area contributed by atoms with E-state index in [-0.39, 0.29) is 0 Å². The smallest absolute Gasteiger partial charge is 0.0399 e. The fourth-order valence-corrected chi connectivity index (χ4v) is 2.49. The zero-order valence-electron chi connectivity index (χ0n) is 10.9. The third-order valence-electron chi connectivity index (χ3n) is 3.44. The van der Waals surface area contributed by atoms with Gasteiger partial charge in [-0.2, -0.15) is 0 Å². The first-order valence-corrected chi connectivity index (χ1v) is 6.95. The van der Waals surface area contributed by atoms with Gasteiger partial charge in [-0.25, -0.2) is 0 Å². The lowest BCUT2D eigenvalue weighted by molar-refractivity contribution is 0.611. The van der Waals surface area contributed by atoms with Crippen molar-refractivity contribution in [3.63, 3.8) is 0 Å². The van der Waals surface area contributed by atoms with Gasteiger partial charge in [-0.1, -0.05) is 25.1 Å². The summed E-state index contributed by atoms with van der Waals surface area (Å²) in [6.07, 6.45) is 5.05. The highest BCUT2D eigenvalue weighted by Crippen LogP contribution is 2.27. The highest BCUT2D eigenvalue weighted by atomic mass is 15.1. The molecule has 0 bridgehead atoms. The Morgan fingerprint density at radius 2 is 2.06 bits per heavy atom. The zero-order valence-corrected chi connectivity index (χ0v) is 10.9. The Hall–Kier alpha value is -1.02. The lowest BCUT2D eigenvalue weighted by atomic mass is 10.2. The number of hydrogen-bond acceptors (Lipinski definition) is 2. The number of rotatable bonds is 7. The topological polar surface area (TPSA) is 15.3 Å². The molecule has 0 aliphatic carbocycles. The van der Waals surface area contributed by atoms with E-state index in [2.05, 4.69) is 41.4 Å². The van der Waals surface area contributed by atoms with E-state index in [0.717, 1.165) is 6.54 Å². The minimum absolute atomic E-state index is 1.16.